The largest absolute Gasteiger partial charge is 0.478 e. The Kier molecular flexibility index (Phi) is 8.81. The molecule has 29 heavy (non-hydrogen) atoms. The van der Waals surface area contributed by atoms with Gasteiger partial charge in [-0.25, -0.2) is 14.4 Å². The number of likely N-dealkylation sites (tertiary alicyclic amines) is 1. The predicted octanol–water partition coefficient (Wildman–Crippen LogP) is 2.20. The first kappa shape index (κ1) is 23.1. The molecule has 10 heteroatoms. The number of hydrogen-bond donors (Lipinski definition) is 2. The Morgan fingerprint density at radius 1 is 0.966 bits per heavy atom. The van der Waals surface area contributed by atoms with Crippen LogP contribution in [-0.2, 0) is 9.59 Å². The Morgan fingerprint density at radius 3 is 1.97 bits per heavy atom. The first-order valence-corrected chi connectivity index (χ1v) is 10.3. The molecule has 158 valence electrons. The number of benzene rings is 1. The molecule has 3 rings (SSSR count). The average molecular weight is 442 g/mol. The predicted molar refractivity (Wildman–Crippen MR) is 112 cm³/mol. The van der Waals surface area contributed by atoms with E-state index in [-0.39, 0.29) is 6.03 Å². The summed E-state index contributed by atoms with van der Waals surface area (Å²) < 4.78 is 0. The van der Waals surface area contributed by atoms with Crippen molar-refractivity contribution in [1.29, 1.82) is 0 Å². The summed E-state index contributed by atoms with van der Waals surface area (Å²) in [6.07, 6.45) is 1.12. The lowest BCUT2D eigenvalue weighted by molar-refractivity contribution is -0.134. The van der Waals surface area contributed by atoms with Crippen LogP contribution in [0.3, 0.4) is 0 Å². The quantitative estimate of drug-likeness (QED) is 0.690. The summed E-state index contributed by atoms with van der Waals surface area (Å²) in [6, 6.07) is 8.11. The third-order valence-corrected chi connectivity index (χ3v) is 5.81. The number of nitrogens with zero attached hydrogens (tertiary/aromatic N) is 3. The van der Waals surface area contributed by atoms with Crippen molar-refractivity contribution in [1.82, 2.24) is 14.7 Å². The molecule has 1 aromatic carbocycles. The van der Waals surface area contributed by atoms with Gasteiger partial charge in [0.25, 0.3) is 0 Å². The minimum Gasteiger partial charge on any atom is -0.478 e. The van der Waals surface area contributed by atoms with Crippen molar-refractivity contribution >= 4 is 41.3 Å². The summed E-state index contributed by atoms with van der Waals surface area (Å²) in [4.78, 5) is 38.9. The van der Waals surface area contributed by atoms with Crippen LogP contribution < -0.4 is 0 Å². The Morgan fingerprint density at radius 2 is 1.48 bits per heavy atom. The molecule has 2 N–H and O–H groups in total. The van der Waals surface area contributed by atoms with Gasteiger partial charge in [0.2, 0.25) is 0 Å². The van der Waals surface area contributed by atoms with Crippen molar-refractivity contribution in [2.24, 2.45) is 0 Å². The maximum Gasteiger partial charge on any atom is 0.328 e. The van der Waals surface area contributed by atoms with Crippen molar-refractivity contribution in [2.75, 3.05) is 46.3 Å². The van der Waals surface area contributed by atoms with Crippen LogP contribution in [0.5, 0.6) is 0 Å². The SMILES string of the molecule is CN1CCN(C(=O)N2CC(Sc3ccc(Cl)cc3)C2)CC1.O=C(O)C=CC(=O)O. The van der Waals surface area contributed by atoms with Crippen molar-refractivity contribution in [3.63, 3.8) is 0 Å². The Labute approximate surface area is 178 Å². The number of carboxylic acid groups (broad SMARTS) is 2. The zero-order valence-electron chi connectivity index (χ0n) is 16.0. The number of carboxylic acids is 2. The lowest BCUT2D eigenvalue weighted by Crippen LogP contribution is -2.59. The van der Waals surface area contributed by atoms with Crippen molar-refractivity contribution in [2.45, 2.75) is 10.1 Å². The van der Waals surface area contributed by atoms with E-state index in [2.05, 4.69) is 11.9 Å². The molecule has 2 amide bonds. The fourth-order valence-corrected chi connectivity index (χ4v) is 4.03. The van der Waals surface area contributed by atoms with Gasteiger partial charge < -0.3 is 24.9 Å². The monoisotopic (exact) mass is 441 g/mol. The van der Waals surface area contributed by atoms with Gasteiger partial charge in [0.15, 0.2) is 0 Å². The van der Waals surface area contributed by atoms with E-state index in [4.69, 9.17) is 21.8 Å². The number of rotatable bonds is 4. The minimum atomic E-state index is -1.26. The molecule has 2 heterocycles. The first-order chi connectivity index (χ1) is 13.7. The van der Waals surface area contributed by atoms with Gasteiger partial charge in [-0.05, 0) is 31.3 Å². The van der Waals surface area contributed by atoms with E-state index in [0.29, 0.717) is 17.4 Å². The number of halogens is 1. The number of carbonyl (C=O) groups excluding carboxylic acids is 1. The lowest BCUT2D eigenvalue weighted by Gasteiger charge is -2.43. The van der Waals surface area contributed by atoms with Crippen LogP contribution in [-0.4, -0.2) is 94.4 Å². The molecule has 1 aromatic rings. The van der Waals surface area contributed by atoms with Gasteiger partial charge in [0.1, 0.15) is 0 Å². The van der Waals surface area contributed by atoms with Crippen molar-refractivity contribution in [3.8, 4) is 0 Å². The van der Waals surface area contributed by atoms with Crippen LogP contribution in [0.15, 0.2) is 41.3 Å². The maximum atomic E-state index is 12.3. The molecule has 0 unspecified atom stereocenters. The maximum absolute atomic E-state index is 12.3. The van der Waals surface area contributed by atoms with Gasteiger partial charge in [-0.15, -0.1) is 11.8 Å². The highest BCUT2D eigenvalue weighted by atomic mass is 35.5. The van der Waals surface area contributed by atoms with Crippen molar-refractivity contribution < 1.29 is 24.6 Å². The summed E-state index contributed by atoms with van der Waals surface area (Å²) in [5, 5.41) is 16.9. The summed E-state index contributed by atoms with van der Waals surface area (Å²) in [5.41, 5.74) is 0. The number of hydrogen-bond acceptors (Lipinski definition) is 5. The molecule has 8 nitrogen and oxygen atoms in total. The number of aliphatic carboxylic acids is 2. The summed E-state index contributed by atoms with van der Waals surface area (Å²) in [7, 11) is 2.10. The molecule has 2 aliphatic rings. The molecule has 0 bridgehead atoms. The smallest absolute Gasteiger partial charge is 0.328 e. The highest BCUT2D eigenvalue weighted by molar-refractivity contribution is 8.00. The highest BCUT2D eigenvalue weighted by Gasteiger charge is 2.34. The second-order valence-electron chi connectivity index (χ2n) is 6.68. The van der Waals surface area contributed by atoms with Crippen LogP contribution in [0, 0.1) is 0 Å². The van der Waals surface area contributed by atoms with Crippen LogP contribution >= 0.6 is 23.4 Å². The highest BCUT2D eigenvalue weighted by Crippen LogP contribution is 2.31. The zero-order chi connectivity index (χ0) is 21.4. The van der Waals surface area contributed by atoms with Crippen LogP contribution in [0.2, 0.25) is 5.02 Å². The normalized spacial score (nSPS) is 17.4. The number of carbonyl (C=O) groups is 3. The third kappa shape index (κ3) is 7.96. The topological polar surface area (TPSA) is 101 Å². The minimum absolute atomic E-state index is 0.205. The van der Waals surface area contributed by atoms with Gasteiger partial charge in [0, 0.05) is 66.6 Å². The summed E-state index contributed by atoms with van der Waals surface area (Å²) in [5.74, 6) is -2.51. The molecule has 2 aliphatic heterocycles. The number of piperazine rings is 1. The Balaban J connectivity index is 0.000000321. The van der Waals surface area contributed by atoms with Gasteiger partial charge in [0.05, 0.1) is 0 Å². The van der Waals surface area contributed by atoms with Crippen molar-refractivity contribution in [3.05, 3.63) is 41.4 Å². The van der Waals surface area contributed by atoms with Gasteiger partial charge in [-0.3, -0.25) is 0 Å². The molecule has 0 aliphatic carbocycles. The summed E-state index contributed by atoms with van der Waals surface area (Å²) in [6.45, 7) is 5.34. The molecule has 0 saturated carbocycles. The van der Waals surface area contributed by atoms with E-state index in [1.54, 1.807) is 0 Å². The molecule has 2 saturated heterocycles. The van der Waals surface area contributed by atoms with E-state index >= 15 is 0 Å². The van der Waals surface area contributed by atoms with Gasteiger partial charge >= 0.3 is 18.0 Å². The fourth-order valence-electron chi connectivity index (χ4n) is 2.71. The standard InChI is InChI=1S/C15H20ClN3OS.C4H4O4/c1-17-6-8-18(9-7-17)15(20)19-10-14(11-19)21-13-4-2-12(16)3-5-13;5-3(6)1-2-4(7)8/h2-5,14H,6-11H2,1H3;1-2H,(H,5,6)(H,7,8). The lowest BCUT2D eigenvalue weighted by atomic mass is 10.2. The first-order valence-electron chi connectivity index (χ1n) is 9.03. The van der Waals surface area contributed by atoms with Gasteiger partial charge in [-0.2, -0.15) is 0 Å². The number of urea groups is 1. The zero-order valence-corrected chi connectivity index (χ0v) is 17.6. The molecule has 0 radical (unpaired) electrons. The van der Waals surface area contributed by atoms with E-state index in [9.17, 15) is 14.4 Å². The molecule has 0 aromatic heterocycles. The van der Waals surface area contributed by atoms with Crippen LogP contribution in [0.4, 0.5) is 4.79 Å². The van der Waals surface area contributed by atoms with Gasteiger partial charge in [-0.1, -0.05) is 11.6 Å². The van der Waals surface area contributed by atoms with E-state index in [1.807, 2.05) is 45.8 Å². The molecular weight excluding hydrogens is 418 g/mol. The number of likely N-dealkylation sites (N-methyl/N-ethyl adjacent to an activating group) is 1. The molecule has 0 atom stereocenters. The number of thioether (sulfide) groups is 1. The summed E-state index contributed by atoms with van der Waals surface area (Å²) >= 11 is 7.71. The number of amides is 2. The van der Waals surface area contributed by atoms with E-state index in [1.165, 1.54) is 4.90 Å². The van der Waals surface area contributed by atoms with E-state index < -0.39 is 11.9 Å². The molecular formula is C19H24ClN3O5S. The van der Waals surface area contributed by atoms with Crippen LogP contribution in [0.25, 0.3) is 0 Å². The second kappa shape index (κ2) is 11.1. The Hall–Kier alpha value is -2.23. The fraction of sp³-hybridized carbons (Fsp3) is 0.421. The van der Waals surface area contributed by atoms with E-state index in [0.717, 1.165) is 44.3 Å². The van der Waals surface area contributed by atoms with Crippen LogP contribution in [0.1, 0.15) is 0 Å². The second-order valence-corrected chi connectivity index (χ2v) is 8.49. The third-order valence-electron chi connectivity index (χ3n) is 4.38. The molecule has 2 fully saturated rings. The average Bonchev–Trinajstić information content (AvgIpc) is 2.65. The Bertz CT molecular complexity index is 729. The molecule has 0 spiro atoms.